The molecular formula is C13H18N2O2. The van der Waals surface area contributed by atoms with Crippen LogP contribution in [0.5, 0.6) is 0 Å². The predicted octanol–water partition coefficient (Wildman–Crippen LogP) is 2.76. The van der Waals surface area contributed by atoms with E-state index in [1.807, 2.05) is 45.0 Å². The molecule has 0 saturated carbocycles. The lowest BCUT2D eigenvalue weighted by Crippen LogP contribution is -2.13. The monoisotopic (exact) mass is 234 g/mol. The number of oxime groups is 2. The molecule has 1 rings (SSSR count). The summed E-state index contributed by atoms with van der Waals surface area (Å²) in [5.41, 5.74) is 3.53. The lowest BCUT2D eigenvalue weighted by atomic mass is 10.1. The van der Waals surface area contributed by atoms with E-state index in [1.165, 1.54) is 12.7 Å². The Morgan fingerprint density at radius 2 is 1.82 bits per heavy atom. The van der Waals surface area contributed by atoms with Gasteiger partial charge in [0, 0.05) is 5.56 Å². The van der Waals surface area contributed by atoms with Crippen molar-refractivity contribution < 1.29 is 9.68 Å². The molecule has 0 heterocycles. The molecule has 1 aromatic rings. The third-order valence-electron chi connectivity index (χ3n) is 2.18. The van der Waals surface area contributed by atoms with E-state index in [0.717, 1.165) is 5.56 Å². The van der Waals surface area contributed by atoms with Crippen LogP contribution in [0.3, 0.4) is 0 Å². The number of benzene rings is 1. The van der Waals surface area contributed by atoms with Crippen molar-refractivity contribution in [1.29, 1.82) is 0 Å². The van der Waals surface area contributed by atoms with Crippen LogP contribution in [-0.2, 0) is 9.68 Å². The lowest BCUT2D eigenvalue weighted by molar-refractivity contribution is 0.159. The zero-order valence-electron chi connectivity index (χ0n) is 10.7. The van der Waals surface area contributed by atoms with Crippen molar-refractivity contribution in [1.82, 2.24) is 0 Å². The summed E-state index contributed by atoms with van der Waals surface area (Å²) in [6.45, 7) is 6.29. The van der Waals surface area contributed by atoms with Gasteiger partial charge in [0.05, 0.1) is 0 Å². The summed E-state index contributed by atoms with van der Waals surface area (Å²) in [5, 5.41) is 7.95. The smallest absolute Gasteiger partial charge is 0.134 e. The second-order valence-electron chi connectivity index (χ2n) is 3.58. The van der Waals surface area contributed by atoms with Crippen LogP contribution in [0, 0.1) is 6.92 Å². The Morgan fingerprint density at radius 1 is 1.18 bits per heavy atom. The van der Waals surface area contributed by atoms with Gasteiger partial charge in [-0.15, -0.1) is 0 Å². The maximum absolute atomic E-state index is 5.10. The highest BCUT2D eigenvalue weighted by atomic mass is 16.6. The first-order valence-electron chi connectivity index (χ1n) is 5.54. The zero-order chi connectivity index (χ0) is 12.7. The Bertz CT molecular complexity index is 408. The first kappa shape index (κ1) is 13.2. The Hall–Kier alpha value is -1.84. The van der Waals surface area contributed by atoms with E-state index >= 15 is 0 Å². The first-order valence-corrected chi connectivity index (χ1v) is 5.54. The molecular weight excluding hydrogens is 216 g/mol. The van der Waals surface area contributed by atoms with Gasteiger partial charge in [0.2, 0.25) is 0 Å². The Kier molecular flexibility index (Phi) is 5.20. The van der Waals surface area contributed by atoms with Crippen molar-refractivity contribution in [2.45, 2.75) is 20.8 Å². The van der Waals surface area contributed by atoms with E-state index in [9.17, 15) is 0 Å². The summed E-state index contributed by atoms with van der Waals surface area (Å²) in [6, 6.07) is 8.03. The molecule has 0 radical (unpaired) electrons. The van der Waals surface area contributed by atoms with Crippen molar-refractivity contribution in [3.05, 3.63) is 35.4 Å². The molecule has 0 atom stereocenters. The zero-order valence-corrected chi connectivity index (χ0v) is 10.7. The van der Waals surface area contributed by atoms with Crippen LogP contribution in [0.1, 0.15) is 25.0 Å². The van der Waals surface area contributed by atoms with E-state index in [-0.39, 0.29) is 0 Å². The maximum Gasteiger partial charge on any atom is 0.134 e. The van der Waals surface area contributed by atoms with Gasteiger partial charge in [-0.1, -0.05) is 40.1 Å². The highest BCUT2D eigenvalue weighted by Crippen LogP contribution is 2.07. The number of rotatable bonds is 5. The molecule has 0 unspecified atom stereocenters. The van der Waals surface area contributed by atoms with Crippen LogP contribution in [0.25, 0.3) is 0 Å². The summed E-state index contributed by atoms with van der Waals surface area (Å²) >= 11 is 0. The molecule has 4 heteroatoms. The summed E-state index contributed by atoms with van der Waals surface area (Å²) in [7, 11) is 1.51. The minimum absolute atomic E-state index is 0.523. The van der Waals surface area contributed by atoms with Gasteiger partial charge in [-0.2, -0.15) is 0 Å². The fourth-order valence-electron chi connectivity index (χ4n) is 1.35. The molecule has 4 nitrogen and oxygen atoms in total. The predicted molar refractivity (Wildman–Crippen MR) is 69.5 cm³/mol. The molecule has 0 aliphatic heterocycles. The van der Waals surface area contributed by atoms with Crippen LogP contribution < -0.4 is 0 Å². The van der Waals surface area contributed by atoms with Crippen molar-refractivity contribution in [2.75, 3.05) is 13.7 Å². The standard InChI is InChI=1S/C13H18N2O2/c1-5-17-15-13(11(3)14-16-4)12-8-6-10(2)7-9-12/h6-9H,5H2,1-4H3/b14-11+,15-13-. The average molecular weight is 234 g/mol. The maximum atomic E-state index is 5.10. The quantitative estimate of drug-likeness (QED) is 0.580. The Balaban J connectivity index is 3.06. The SMILES string of the molecule is CCO/N=C(/C(C)=N/OC)c1ccc(C)cc1. The third kappa shape index (κ3) is 3.90. The van der Waals surface area contributed by atoms with Gasteiger partial charge in [0.15, 0.2) is 0 Å². The molecule has 0 bridgehead atoms. The highest BCUT2D eigenvalue weighted by Gasteiger charge is 2.09. The summed E-state index contributed by atoms with van der Waals surface area (Å²) < 4.78 is 0. The van der Waals surface area contributed by atoms with Gasteiger partial charge >= 0.3 is 0 Å². The molecule has 0 amide bonds. The van der Waals surface area contributed by atoms with Gasteiger partial charge in [-0.25, -0.2) is 0 Å². The van der Waals surface area contributed by atoms with Gasteiger partial charge in [-0.3, -0.25) is 0 Å². The second-order valence-corrected chi connectivity index (χ2v) is 3.58. The molecule has 0 fully saturated rings. The van der Waals surface area contributed by atoms with Crippen LogP contribution in [0.15, 0.2) is 34.6 Å². The van der Waals surface area contributed by atoms with Crippen LogP contribution in [-0.4, -0.2) is 25.1 Å². The van der Waals surface area contributed by atoms with Gasteiger partial charge in [0.1, 0.15) is 25.1 Å². The fraction of sp³-hybridized carbons (Fsp3) is 0.385. The van der Waals surface area contributed by atoms with Crippen molar-refractivity contribution in [3.8, 4) is 0 Å². The minimum atomic E-state index is 0.523. The third-order valence-corrected chi connectivity index (χ3v) is 2.18. The first-order chi connectivity index (χ1) is 8.19. The van der Waals surface area contributed by atoms with E-state index in [0.29, 0.717) is 18.0 Å². The van der Waals surface area contributed by atoms with E-state index in [4.69, 9.17) is 9.68 Å². The van der Waals surface area contributed by atoms with Crippen LogP contribution >= 0.6 is 0 Å². The highest BCUT2D eigenvalue weighted by molar-refractivity contribution is 6.47. The molecule has 0 aliphatic carbocycles. The lowest BCUT2D eigenvalue weighted by Gasteiger charge is -2.06. The molecule has 0 spiro atoms. The molecule has 0 saturated heterocycles. The fourth-order valence-corrected chi connectivity index (χ4v) is 1.35. The summed E-state index contributed by atoms with van der Waals surface area (Å²) in [4.78, 5) is 9.86. The summed E-state index contributed by atoms with van der Waals surface area (Å²) in [5.74, 6) is 0. The Morgan fingerprint density at radius 3 is 2.35 bits per heavy atom. The van der Waals surface area contributed by atoms with Crippen LogP contribution in [0.4, 0.5) is 0 Å². The number of hydrogen-bond donors (Lipinski definition) is 0. The molecule has 17 heavy (non-hydrogen) atoms. The van der Waals surface area contributed by atoms with Gasteiger partial charge in [0.25, 0.3) is 0 Å². The van der Waals surface area contributed by atoms with E-state index < -0.39 is 0 Å². The topological polar surface area (TPSA) is 43.2 Å². The minimum Gasteiger partial charge on any atom is -0.399 e. The van der Waals surface area contributed by atoms with Crippen molar-refractivity contribution in [3.63, 3.8) is 0 Å². The molecule has 0 aromatic heterocycles. The Labute approximate surface area is 102 Å². The average Bonchev–Trinajstić information content (AvgIpc) is 2.32. The molecule has 92 valence electrons. The van der Waals surface area contributed by atoms with E-state index in [2.05, 4.69) is 10.3 Å². The second kappa shape index (κ2) is 6.68. The molecule has 0 N–H and O–H groups in total. The summed E-state index contributed by atoms with van der Waals surface area (Å²) in [6.07, 6.45) is 0. The van der Waals surface area contributed by atoms with Crippen molar-refractivity contribution in [2.24, 2.45) is 10.3 Å². The number of aryl methyl sites for hydroxylation is 1. The van der Waals surface area contributed by atoms with Gasteiger partial charge < -0.3 is 9.68 Å². The van der Waals surface area contributed by atoms with Crippen molar-refractivity contribution >= 4 is 11.4 Å². The van der Waals surface area contributed by atoms with Crippen LogP contribution in [0.2, 0.25) is 0 Å². The number of hydrogen-bond acceptors (Lipinski definition) is 4. The largest absolute Gasteiger partial charge is 0.399 e. The molecule has 1 aromatic carbocycles. The number of nitrogens with zero attached hydrogens (tertiary/aromatic N) is 2. The normalized spacial score (nSPS) is 12.5. The van der Waals surface area contributed by atoms with Gasteiger partial charge in [-0.05, 0) is 20.8 Å². The van der Waals surface area contributed by atoms with E-state index in [1.54, 1.807) is 0 Å². The molecule has 0 aliphatic rings.